The molecule has 172 valence electrons. The number of benzene rings is 3. The summed E-state index contributed by atoms with van der Waals surface area (Å²) in [5, 5.41) is 0.805. The molecule has 0 saturated carbocycles. The Balaban J connectivity index is 1.62. The van der Waals surface area contributed by atoms with Gasteiger partial charge in [-0.1, -0.05) is 48.2 Å². The predicted octanol–water partition coefficient (Wildman–Crippen LogP) is 6.24. The van der Waals surface area contributed by atoms with Gasteiger partial charge in [0, 0.05) is 33.8 Å². The van der Waals surface area contributed by atoms with E-state index in [9.17, 15) is 4.79 Å². The third-order valence-corrected chi connectivity index (χ3v) is 7.03. The van der Waals surface area contributed by atoms with Crippen LogP contribution in [0.3, 0.4) is 0 Å². The van der Waals surface area contributed by atoms with Crippen molar-refractivity contribution in [1.29, 1.82) is 0 Å². The summed E-state index contributed by atoms with van der Waals surface area (Å²) in [6.07, 6.45) is 0. The van der Waals surface area contributed by atoms with E-state index < -0.39 is 0 Å². The van der Waals surface area contributed by atoms with Crippen molar-refractivity contribution in [2.24, 2.45) is 0 Å². The smallest absolute Gasteiger partial charge is 0.338 e. The number of hydrogen-bond donors (Lipinski definition) is 0. The van der Waals surface area contributed by atoms with Gasteiger partial charge in [0.1, 0.15) is 0 Å². The topological polar surface area (TPSA) is 45.7 Å². The number of anilines is 2. The second kappa shape index (κ2) is 9.49. The zero-order valence-corrected chi connectivity index (χ0v) is 20.4. The third-order valence-electron chi connectivity index (χ3n) is 5.90. The molecule has 4 aromatic rings. The fraction of sp³-hybridized carbons (Fsp3) is 0.214. The molecule has 0 amide bonds. The molecule has 5 nitrogen and oxygen atoms in total. The number of aromatic nitrogens is 1. The lowest BCUT2D eigenvalue weighted by atomic mass is 10.0. The van der Waals surface area contributed by atoms with Crippen LogP contribution < -0.4 is 4.90 Å². The number of para-hydroxylation sites is 2. The van der Waals surface area contributed by atoms with Crippen molar-refractivity contribution in [2.75, 3.05) is 38.7 Å². The molecule has 0 aliphatic carbocycles. The Morgan fingerprint density at radius 2 is 1.74 bits per heavy atom. The van der Waals surface area contributed by atoms with Gasteiger partial charge < -0.3 is 14.5 Å². The maximum absolute atomic E-state index is 12.7. The van der Waals surface area contributed by atoms with E-state index in [1.165, 1.54) is 15.5 Å². The minimum atomic E-state index is -0.322. The molecule has 2 heterocycles. The summed E-state index contributed by atoms with van der Waals surface area (Å²) in [6.45, 7) is 3.97. The molecule has 3 aromatic carbocycles. The minimum Gasteiger partial charge on any atom is -0.462 e. The quantitative estimate of drug-likeness (QED) is 0.311. The van der Waals surface area contributed by atoms with Crippen molar-refractivity contribution < 1.29 is 9.53 Å². The molecule has 0 bridgehead atoms. The number of carbonyl (C=O) groups is 1. The van der Waals surface area contributed by atoms with Crippen LogP contribution in [0.2, 0.25) is 0 Å². The van der Waals surface area contributed by atoms with Gasteiger partial charge in [-0.05, 0) is 57.4 Å². The number of ether oxygens (including phenoxy) is 1. The summed E-state index contributed by atoms with van der Waals surface area (Å²) in [7, 11) is 4.19. The summed E-state index contributed by atoms with van der Waals surface area (Å²) in [5.41, 5.74) is 5.45. The van der Waals surface area contributed by atoms with Crippen molar-refractivity contribution >= 4 is 40.0 Å². The molecule has 0 spiro atoms. The lowest BCUT2D eigenvalue weighted by Crippen LogP contribution is -2.29. The normalized spacial score (nSPS) is 12.5. The molecule has 6 heteroatoms. The van der Waals surface area contributed by atoms with Gasteiger partial charge in [0.05, 0.1) is 34.8 Å². The van der Waals surface area contributed by atoms with E-state index in [4.69, 9.17) is 9.72 Å². The highest BCUT2D eigenvalue weighted by atomic mass is 32.2. The Labute approximate surface area is 204 Å². The number of nitrogens with zero attached hydrogens (tertiary/aromatic N) is 3. The fourth-order valence-corrected chi connectivity index (χ4v) is 5.31. The van der Waals surface area contributed by atoms with E-state index in [1.807, 2.05) is 37.3 Å². The van der Waals surface area contributed by atoms with Gasteiger partial charge in [-0.2, -0.15) is 0 Å². The highest BCUT2D eigenvalue weighted by Crippen LogP contribution is 2.49. The number of pyridine rings is 1. The first-order valence-electron chi connectivity index (χ1n) is 11.5. The van der Waals surface area contributed by atoms with Gasteiger partial charge in [-0.15, -0.1) is 0 Å². The molecule has 5 rings (SSSR count). The Morgan fingerprint density at radius 1 is 0.971 bits per heavy atom. The fourth-order valence-electron chi connectivity index (χ4n) is 4.23. The van der Waals surface area contributed by atoms with Crippen molar-refractivity contribution in [3.05, 3.63) is 78.4 Å². The molecular formula is C28H27N3O2S. The Morgan fingerprint density at radius 3 is 2.56 bits per heavy atom. The van der Waals surface area contributed by atoms with E-state index >= 15 is 0 Å². The van der Waals surface area contributed by atoms with Crippen LogP contribution in [0.4, 0.5) is 11.4 Å². The van der Waals surface area contributed by atoms with E-state index in [2.05, 4.69) is 66.4 Å². The zero-order chi connectivity index (χ0) is 23.7. The number of esters is 1. The van der Waals surface area contributed by atoms with Crippen molar-refractivity contribution in [3.8, 4) is 11.3 Å². The summed E-state index contributed by atoms with van der Waals surface area (Å²) in [5.74, 6) is -0.322. The highest BCUT2D eigenvalue weighted by Gasteiger charge is 2.24. The Hall–Kier alpha value is -3.35. The second-order valence-corrected chi connectivity index (χ2v) is 9.58. The van der Waals surface area contributed by atoms with Gasteiger partial charge >= 0.3 is 5.97 Å². The lowest BCUT2D eigenvalue weighted by Gasteiger charge is -2.34. The van der Waals surface area contributed by atoms with Gasteiger partial charge in [0.25, 0.3) is 0 Å². The summed E-state index contributed by atoms with van der Waals surface area (Å²) >= 11 is 1.79. The first-order valence-corrected chi connectivity index (χ1v) is 12.3. The summed E-state index contributed by atoms with van der Waals surface area (Å²) < 4.78 is 5.34. The van der Waals surface area contributed by atoms with Crippen molar-refractivity contribution in [1.82, 2.24) is 9.88 Å². The first-order chi connectivity index (χ1) is 16.5. The average Bonchev–Trinajstić information content (AvgIpc) is 2.85. The molecule has 0 radical (unpaired) electrons. The SMILES string of the molecule is CCOC(=O)c1cc(-c2ccc3c(c2)N(CCN(C)C)c2ccccc2S3)nc2ccccc12. The first kappa shape index (κ1) is 22.4. The average molecular weight is 470 g/mol. The van der Waals surface area contributed by atoms with E-state index in [-0.39, 0.29) is 5.97 Å². The Kier molecular flexibility index (Phi) is 6.26. The molecular weight excluding hydrogens is 442 g/mol. The van der Waals surface area contributed by atoms with Gasteiger partial charge in [0.15, 0.2) is 0 Å². The van der Waals surface area contributed by atoms with Crippen LogP contribution in [-0.4, -0.2) is 49.6 Å². The van der Waals surface area contributed by atoms with Gasteiger partial charge in [-0.25, -0.2) is 9.78 Å². The highest BCUT2D eigenvalue weighted by molar-refractivity contribution is 7.99. The van der Waals surface area contributed by atoms with E-state index in [0.717, 1.165) is 40.9 Å². The molecule has 1 aliphatic heterocycles. The largest absolute Gasteiger partial charge is 0.462 e. The van der Waals surface area contributed by atoms with Crippen LogP contribution in [0.15, 0.2) is 82.6 Å². The molecule has 0 atom stereocenters. The molecule has 0 N–H and O–H groups in total. The monoisotopic (exact) mass is 469 g/mol. The number of hydrogen-bond acceptors (Lipinski definition) is 6. The number of rotatable bonds is 6. The number of carbonyl (C=O) groups excluding carboxylic acids is 1. The maximum Gasteiger partial charge on any atom is 0.338 e. The van der Waals surface area contributed by atoms with E-state index in [0.29, 0.717) is 12.2 Å². The summed E-state index contributed by atoms with van der Waals surface area (Å²) in [6, 6.07) is 24.6. The van der Waals surface area contributed by atoms with Gasteiger partial charge in [-0.3, -0.25) is 0 Å². The van der Waals surface area contributed by atoms with Crippen molar-refractivity contribution in [2.45, 2.75) is 16.7 Å². The minimum absolute atomic E-state index is 0.322. The van der Waals surface area contributed by atoms with Gasteiger partial charge in [0.2, 0.25) is 0 Å². The molecule has 34 heavy (non-hydrogen) atoms. The number of likely N-dealkylation sites (N-methyl/N-ethyl adjacent to an activating group) is 1. The van der Waals surface area contributed by atoms with Crippen LogP contribution >= 0.6 is 11.8 Å². The molecule has 0 unspecified atom stereocenters. The van der Waals surface area contributed by atoms with Crippen LogP contribution in [-0.2, 0) is 4.74 Å². The standard InChI is InChI=1S/C28H27N3O2S/c1-4-33-28(32)21-18-23(29-22-10-6-5-9-20(21)22)19-13-14-27-25(17-19)31(16-15-30(2)3)24-11-7-8-12-26(24)34-27/h5-14,17-18H,4,15-16H2,1-3H3. The van der Waals surface area contributed by atoms with Crippen LogP contribution in [0.5, 0.6) is 0 Å². The van der Waals surface area contributed by atoms with Crippen LogP contribution in [0.25, 0.3) is 22.2 Å². The zero-order valence-electron chi connectivity index (χ0n) is 19.6. The van der Waals surface area contributed by atoms with Crippen LogP contribution in [0.1, 0.15) is 17.3 Å². The summed E-state index contributed by atoms with van der Waals surface area (Å²) in [4.78, 5) is 24.7. The molecule has 1 aromatic heterocycles. The predicted molar refractivity (Wildman–Crippen MR) is 139 cm³/mol. The molecule has 0 saturated heterocycles. The Bertz CT molecular complexity index is 1370. The van der Waals surface area contributed by atoms with E-state index in [1.54, 1.807) is 11.8 Å². The third kappa shape index (κ3) is 4.27. The second-order valence-electron chi connectivity index (χ2n) is 8.50. The molecule has 1 aliphatic rings. The lowest BCUT2D eigenvalue weighted by molar-refractivity contribution is 0.0528. The van der Waals surface area contributed by atoms with Crippen LogP contribution in [0, 0.1) is 0 Å². The number of fused-ring (bicyclic) bond motifs is 3. The van der Waals surface area contributed by atoms with Crippen molar-refractivity contribution in [3.63, 3.8) is 0 Å². The maximum atomic E-state index is 12.7. The molecule has 0 fully saturated rings.